The Bertz CT molecular complexity index is 719. The van der Waals surface area contributed by atoms with Crippen LogP contribution in [0.25, 0.3) is 11.1 Å². The maximum Gasteiger partial charge on any atom is 0.304 e. The van der Waals surface area contributed by atoms with Crippen molar-refractivity contribution >= 4 is 17.6 Å². The third kappa shape index (κ3) is 1.92. The SMILES string of the molecule is Cc1ccc2c(c1C)-c1ccc(Cl)cc1C2CC(=O)O. The monoisotopic (exact) mass is 286 g/mol. The van der Waals surface area contributed by atoms with Crippen LogP contribution in [0.15, 0.2) is 30.3 Å². The van der Waals surface area contributed by atoms with Crippen LogP contribution in [0.1, 0.15) is 34.6 Å². The van der Waals surface area contributed by atoms with Crippen molar-refractivity contribution in [2.75, 3.05) is 0 Å². The van der Waals surface area contributed by atoms with Crippen molar-refractivity contribution in [2.24, 2.45) is 0 Å². The summed E-state index contributed by atoms with van der Waals surface area (Å²) in [7, 11) is 0. The number of aryl methyl sites for hydroxylation is 1. The second-order valence-corrected chi connectivity index (χ2v) is 5.79. The van der Waals surface area contributed by atoms with Crippen LogP contribution in [0.5, 0.6) is 0 Å². The molecule has 3 rings (SSSR count). The summed E-state index contributed by atoms with van der Waals surface area (Å²) in [6.45, 7) is 4.17. The zero-order valence-electron chi connectivity index (χ0n) is 11.4. The first-order chi connectivity index (χ1) is 9.49. The molecule has 2 aromatic rings. The van der Waals surface area contributed by atoms with Gasteiger partial charge in [0.05, 0.1) is 6.42 Å². The van der Waals surface area contributed by atoms with Gasteiger partial charge in [-0.25, -0.2) is 0 Å². The van der Waals surface area contributed by atoms with Crippen molar-refractivity contribution in [3.05, 3.63) is 57.6 Å². The highest BCUT2D eigenvalue weighted by Gasteiger charge is 2.31. The van der Waals surface area contributed by atoms with Crippen LogP contribution in [0.3, 0.4) is 0 Å². The zero-order chi connectivity index (χ0) is 14.4. The Morgan fingerprint density at radius 1 is 1.20 bits per heavy atom. The molecule has 0 spiro atoms. The van der Waals surface area contributed by atoms with Crippen LogP contribution in [0, 0.1) is 13.8 Å². The van der Waals surface area contributed by atoms with E-state index < -0.39 is 5.97 Å². The molecule has 1 aliphatic rings. The summed E-state index contributed by atoms with van der Waals surface area (Å²) < 4.78 is 0. The van der Waals surface area contributed by atoms with E-state index >= 15 is 0 Å². The predicted molar refractivity (Wildman–Crippen MR) is 80.5 cm³/mol. The largest absolute Gasteiger partial charge is 0.481 e. The van der Waals surface area contributed by atoms with E-state index in [4.69, 9.17) is 11.6 Å². The predicted octanol–water partition coefficient (Wildman–Crippen LogP) is 4.54. The number of hydrogen-bond acceptors (Lipinski definition) is 1. The van der Waals surface area contributed by atoms with Crippen molar-refractivity contribution in [3.63, 3.8) is 0 Å². The molecule has 1 unspecified atom stereocenters. The van der Waals surface area contributed by atoms with E-state index in [-0.39, 0.29) is 12.3 Å². The number of aliphatic carboxylic acids is 1. The van der Waals surface area contributed by atoms with Gasteiger partial charge in [-0.15, -0.1) is 0 Å². The maximum absolute atomic E-state index is 11.2. The van der Waals surface area contributed by atoms with Gasteiger partial charge >= 0.3 is 5.97 Å². The van der Waals surface area contributed by atoms with Gasteiger partial charge < -0.3 is 5.11 Å². The highest BCUT2D eigenvalue weighted by molar-refractivity contribution is 6.30. The molecule has 0 fully saturated rings. The number of benzene rings is 2. The van der Waals surface area contributed by atoms with Crippen molar-refractivity contribution in [1.29, 1.82) is 0 Å². The van der Waals surface area contributed by atoms with Gasteiger partial charge in [-0.1, -0.05) is 29.8 Å². The number of rotatable bonds is 2. The minimum Gasteiger partial charge on any atom is -0.481 e. The Hall–Kier alpha value is -1.80. The highest BCUT2D eigenvalue weighted by atomic mass is 35.5. The Morgan fingerprint density at radius 2 is 1.95 bits per heavy atom. The van der Waals surface area contributed by atoms with Gasteiger partial charge in [0.1, 0.15) is 0 Å². The molecule has 1 aliphatic carbocycles. The van der Waals surface area contributed by atoms with Crippen molar-refractivity contribution in [3.8, 4) is 11.1 Å². The van der Waals surface area contributed by atoms with E-state index in [0.717, 1.165) is 16.7 Å². The van der Waals surface area contributed by atoms with E-state index in [9.17, 15) is 9.90 Å². The first-order valence-corrected chi connectivity index (χ1v) is 6.98. The molecule has 0 heterocycles. The Labute approximate surface area is 123 Å². The summed E-state index contributed by atoms with van der Waals surface area (Å²) in [5, 5.41) is 9.84. The molecule has 102 valence electrons. The van der Waals surface area contributed by atoms with Gasteiger partial charge in [0.15, 0.2) is 0 Å². The zero-order valence-corrected chi connectivity index (χ0v) is 12.2. The standard InChI is InChI=1S/C17H15ClO2/c1-9-3-5-12-15(8-16(19)20)14-7-11(18)4-6-13(14)17(12)10(9)2/h3-7,15H,8H2,1-2H3,(H,19,20). The fourth-order valence-electron chi connectivity index (χ4n) is 3.10. The highest BCUT2D eigenvalue weighted by Crippen LogP contribution is 2.49. The lowest BCUT2D eigenvalue weighted by atomic mass is 9.92. The van der Waals surface area contributed by atoms with Gasteiger partial charge in [-0.3, -0.25) is 4.79 Å². The Morgan fingerprint density at radius 3 is 2.65 bits per heavy atom. The summed E-state index contributed by atoms with van der Waals surface area (Å²) in [6, 6.07) is 9.90. The molecule has 1 atom stereocenters. The molecule has 0 saturated heterocycles. The van der Waals surface area contributed by atoms with Gasteiger partial charge in [0.2, 0.25) is 0 Å². The smallest absolute Gasteiger partial charge is 0.304 e. The topological polar surface area (TPSA) is 37.3 Å². The molecule has 1 N–H and O–H groups in total. The molecule has 0 radical (unpaired) electrons. The second kappa shape index (κ2) is 4.64. The number of hydrogen-bond donors (Lipinski definition) is 1. The number of carboxylic acids is 1. The van der Waals surface area contributed by atoms with Gasteiger partial charge in [-0.05, 0) is 59.4 Å². The molecule has 0 aromatic heterocycles. The third-order valence-electron chi connectivity index (χ3n) is 4.18. The molecule has 0 amide bonds. The number of fused-ring (bicyclic) bond motifs is 3. The van der Waals surface area contributed by atoms with Crippen LogP contribution in [0.2, 0.25) is 5.02 Å². The minimum atomic E-state index is -0.785. The van der Waals surface area contributed by atoms with E-state index in [0.29, 0.717) is 5.02 Å². The van der Waals surface area contributed by atoms with Crippen molar-refractivity contribution in [1.82, 2.24) is 0 Å². The number of carbonyl (C=O) groups is 1. The van der Waals surface area contributed by atoms with Crippen LogP contribution in [-0.2, 0) is 4.79 Å². The third-order valence-corrected chi connectivity index (χ3v) is 4.42. The average molecular weight is 287 g/mol. The van der Waals surface area contributed by atoms with Crippen molar-refractivity contribution < 1.29 is 9.90 Å². The lowest BCUT2D eigenvalue weighted by molar-refractivity contribution is -0.137. The molecule has 3 heteroatoms. The quantitative estimate of drug-likeness (QED) is 0.880. The molecule has 0 aliphatic heterocycles. The first-order valence-electron chi connectivity index (χ1n) is 6.60. The summed E-state index contributed by atoms with van der Waals surface area (Å²) in [5.41, 5.74) is 6.88. The molecule has 0 saturated carbocycles. The molecule has 2 aromatic carbocycles. The Balaban J connectivity index is 2.29. The van der Waals surface area contributed by atoms with Gasteiger partial charge in [0, 0.05) is 10.9 Å². The van der Waals surface area contributed by atoms with Crippen LogP contribution in [-0.4, -0.2) is 11.1 Å². The van der Waals surface area contributed by atoms with Crippen molar-refractivity contribution in [2.45, 2.75) is 26.2 Å². The molecular formula is C17H15ClO2. The summed E-state index contributed by atoms with van der Waals surface area (Å²) in [4.78, 5) is 11.2. The van der Waals surface area contributed by atoms with E-state index in [1.807, 2.05) is 18.2 Å². The molecule has 2 nitrogen and oxygen atoms in total. The molecular weight excluding hydrogens is 272 g/mol. The normalized spacial score (nSPS) is 15.8. The summed E-state index contributed by atoms with van der Waals surface area (Å²) >= 11 is 6.09. The van der Waals surface area contributed by atoms with E-state index in [2.05, 4.69) is 26.0 Å². The summed E-state index contributed by atoms with van der Waals surface area (Å²) in [6.07, 6.45) is 0.100. The fraction of sp³-hybridized carbons (Fsp3) is 0.235. The number of carboxylic acid groups (broad SMARTS) is 1. The fourth-order valence-corrected chi connectivity index (χ4v) is 3.28. The summed E-state index contributed by atoms with van der Waals surface area (Å²) in [5.74, 6) is -0.887. The van der Waals surface area contributed by atoms with Gasteiger partial charge in [-0.2, -0.15) is 0 Å². The molecule has 20 heavy (non-hydrogen) atoms. The van der Waals surface area contributed by atoms with Crippen LogP contribution >= 0.6 is 11.6 Å². The Kier molecular flexibility index (Phi) is 3.06. The molecule has 0 bridgehead atoms. The average Bonchev–Trinajstić information content (AvgIpc) is 2.68. The lowest BCUT2D eigenvalue weighted by Gasteiger charge is -2.12. The minimum absolute atomic E-state index is 0.100. The first kappa shape index (κ1) is 13.2. The number of halogens is 1. The van der Waals surface area contributed by atoms with E-state index in [1.54, 1.807) is 0 Å². The van der Waals surface area contributed by atoms with Crippen LogP contribution < -0.4 is 0 Å². The second-order valence-electron chi connectivity index (χ2n) is 5.35. The van der Waals surface area contributed by atoms with Crippen LogP contribution in [0.4, 0.5) is 0 Å². The van der Waals surface area contributed by atoms with Gasteiger partial charge in [0.25, 0.3) is 0 Å². The van der Waals surface area contributed by atoms with E-state index in [1.165, 1.54) is 16.7 Å². The maximum atomic E-state index is 11.2. The lowest BCUT2D eigenvalue weighted by Crippen LogP contribution is -2.05.